The zero-order chi connectivity index (χ0) is 13.4. The van der Waals surface area contributed by atoms with Gasteiger partial charge in [0.15, 0.2) is 0 Å². The van der Waals surface area contributed by atoms with E-state index in [-0.39, 0.29) is 12.3 Å². The number of aromatic nitrogens is 1. The van der Waals surface area contributed by atoms with Crippen molar-refractivity contribution in [2.45, 2.75) is 18.9 Å². The Morgan fingerprint density at radius 2 is 2.28 bits per heavy atom. The molecular weight excluding hydrogens is 252 g/mol. The first-order valence-corrected chi connectivity index (χ1v) is 6.94. The number of aliphatic carboxylic acids is 1. The summed E-state index contributed by atoms with van der Waals surface area (Å²) in [7, 11) is 0. The summed E-state index contributed by atoms with van der Waals surface area (Å²) in [5.41, 5.74) is 0.629. The summed E-state index contributed by atoms with van der Waals surface area (Å²) in [6.07, 6.45) is 4.02. The summed E-state index contributed by atoms with van der Waals surface area (Å²) < 4.78 is 0. The molecule has 0 aliphatic rings. The van der Waals surface area contributed by atoms with Crippen LogP contribution in [0.15, 0.2) is 24.4 Å². The minimum Gasteiger partial charge on any atom is -0.480 e. The fraction of sp³-hybridized carbons (Fsp3) is 0.417. The third kappa shape index (κ3) is 5.18. The predicted molar refractivity (Wildman–Crippen MR) is 70.5 cm³/mol. The predicted octanol–water partition coefficient (Wildman–Crippen LogP) is 0.947. The van der Waals surface area contributed by atoms with Gasteiger partial charge < -0.3 is 10.4 Å². The molecule has 0 bridgehead atoms. The van der Waals surface area contributed by atoms with Crippen molar-refractivity contribution in [1.82, 2.24) is 10.3 Å². The Labute approximate surface area is 110 Å². The van der Waals surface area contributed by atoms with E-state index in [1.165, 1.54) is 0 Å². The maximum absolute atomic E-state index is 11.7. The van der Waals surface area contributed by atoms with Crippen LogP contribution in [0.2, 0.25) is 0 Å². The fourth-order valence-electron chi connectivity index (χ4n) is 1.41. The largest absolute Gasteiger partial charge is 0.480 e. The van der Waals surface area contributed by atoms with Crippen LogP contribution >= 0.6 is 11.8 Å². The Morgan fingerprint density at radius 1 is 1.50 bits per heavy atom. The molecule has 1 rings (SSSR count). The molecule has 0 aliphatic carbocycles. The van der Waals surface area contributed by atoms with Gasteiger partial charge >= 0.3 is 5.97 Å². The summed E-state index contributed by atoms with van der Waals surface area (Å²) in [6.45, 7) is 0. The number of carbonyl (C=O) groups is 2. The van der Waals surface area contributed by atoms with Crippen molar-refractivity contribution in [1.29, 1.82) is 0 Å². The van der Waals surface area contributed by atoms with Crippen LogP contribution in [0.5, 0.6) is 0 Å². The summed E-state index contributed by atoms with van der Waals surface area (Å²) in [5.74, 6) is -0.624. The fourth-order valence-corrected chi connectivity index (χ4v) is 1.88. The van der Waals surface area contributed by atoms with Crippen molar-refractivity contribution in [3.05, 3.63) is 30.1 Å². The SMILES string of the molecule is CSCCC(NC(=O)Cc1ccccn1)C(=O)O. The molecule has 0 saturated heterocycles. The number of carbonyl (C=O) groups excluding carboxylic acids is 1. The number of hydrogen-bond acceptors (Lipinski definition) is 4. The molecule has 1 unspecified atom stereocenters. The number of carboxylic acid groups (broad SMARTS) is 1. The van der Waals surface area contributed by atoms with Gasteiger partial charge in [-0.1, -0.05) is 6.07 Å². The van der Waals surface area contributed by atoms with Gasteiger partial charge in [0, 0.05) is 11.9 Å². The lowest BCUT2D eigenvalue weighted by Gasteiger charge is -2.13. The number of thioether (sulfide) groups is 1. The highest BCUT2D eigenvalue weighted by molar-refractivity contribution is 7.98. The molecule has 0 aromatic carbocycles. The number of carboxylic acids is 1. The van der Waals surface area contributed by atoms with E-state index in [4.69, 9.17) is 5.11 Å². The third-order valence-corrected chi connectivity index (χ3v) is 2.96. The average molecular weight is 268 g/mol. The third-order valence-electron chi connectivity index (χ3n) is 2.31. The highest BCUT2D eigenvalue weighted by Crippen LogP contribution is 2.02. The van der Waals surface area contributed by atoms with Crippen molar-refractivity contribution in [2.24, 2.45) is 0 Å². The van der Waals surface area contributed by atoms with Gasteiger partial charge in [-0.2, -0.15) is 11.8 Å². The molecule has 5 nitrogen and oxygen atoms in total. The highest BCUT2D eigenvalue weighted by atomic mass is 32.2. The number of rotatable bonds is 7. The van der Waals surface area contributed by atoms with Gasteiger partial charge in [-0.05, 0) is 30.6 Å². The van der Waals surface area contributed by atoms with Gasteiger partial charge in [0.05, 0.1) is 6.42 Å². The van der Waals surface area contributed by atoms with Gasteiger partial charge in [0.25, 0.3) is 0 Å². The molecule has 0 aliphatic heterocycles. The van der Waals surface area contributed by atoms with E-state index >= 15 is 0 Å². The molecule has 0 radical (unpaired) electrons. The zero-order valence-electron chi connectivity index (χ0n) is 10.1. The van der Waals surface area contributed by atoms with E-state index in [9.17, 15) is 9.59 Å². The maximum Gasteiger partial charge on any atom is 0.326 e. The first-order chi connectivity index (χ1) is 8.63. The Kier molecular flexibility index (Phi) is 6.21. The first-order valence-electron chi connectivity index (χ1n) is 5.54. The number of amides is 1. The normalized spacial score (nSPS) is 11.8. The zero-order valence-corrected chi connectivity index (χ0v) is 10.9. The molecule has 1 aromatic rings. The molecule has 1 amide bonds. The summed E-state index contributed by atoms with van der Waals surface area (Å²) >= 11 is 1.55. The lowest BCUT2D eigenvalue weighted by Crippen LogP contribution is -2.41. The molecule has 1 atom stereocenters. The Balaban J connectivity index is 2.48. The van der Waals surface area contributed by atoms with Crippen molar-refractivity contribution in [3.8, 4) is 0 Å². The summed E-state index contributed by atoms with van der Waals surface area (Å²) in [5, 5.41) is 11.5. The Bertz CT molecular complexity index is 398. The molecule has 0 saturated carbocycles. The van der Waals surface area contributed by atoms with Crippen molar-refractivity contribution in [3.63, 3.8) is 0 Å². The Hall–Kier alpha value is -1.56. The lowest BCUT2D eigenvalue weighted by molar-refractivity contribution is -0.141. The molecule has 18 heavy (non-hydrogen) atoms. The number of nitrogens with zero attached hydrogens (tertiary/aromatic N) is 1. The second-order valence-corrected chi connectivity index (χ2v) is 4.72. The number of nitrogens with one attached hydrogen (secondary N) is 1. The van der Waals surface area contributed by atoms with E-state index < -0.39 is 12.0 Å². The van der Waals surface area contributed by atoms with Gasteiger partial charge in [-0.15, -0.1) is 0 Å². The summed E-state index contributed by atoms with van der Waals surface area (Å²) in [4.78, 5) is 26.6. The van der Waals surface area contributed by atoms with Crippen molar-refractivity contribution < 1.29 is 14.7 Å². The minimum absolute atomic E-state index is 0.101. The van der Waals surface area contributed by atoms with Crippen LogP contribution in [0.3, 0.4) is 0 Å². The van der Waals surface area contributed by atoms with E-state index in [2.05, 4.69) is 10.3 Å². The van der Waals surface area contributed by atoms with Crippen LogP contribution in [0, 0.1) is 0 Å². The molecule has 1 aromatic heterocycles. The quantitative estimate of drug-likeness (QED) is 0.769. The topological polar surface area (TPSA) is 79.3 Å². The standard InChI is InChI=1S/C12H16N2O3S/c1-18-7-5-10(12(16)17)14-11(15)8-9-4-2-3-6-13-9/h2-4,6,10H,5,7-8H2,1H3,(H,14,15)(H,16,17). The van der Waals surface area contributed by atoms with E-state index in [1.54, 1.807) is 36.2 Å². The minimum atomic E-state index is -1.00. The number of hydrogen-bond donors (Lipinski definition) is 2. The molecule has 98 valence electrons. The second-order valence-electron chi connectivity index (χ2n) is 3.74. The Morgan fingerprint density at radius 3 is 2.83 bits per heavy atom. The monoisotopic (exact) mass is 268 g/mol. The van der Waals surface area contributed by atoms with Gasteiger partial charge in [0.2, 0.25) is 5.91 Å². The van der Waals surface area contributed by atoms with Crippen LogP contribution in [0.1, 0.15) is 12.1 Å². The van der Waals surface area contributed by atoms with E-state index in [0.717, 1.165) is 0 Å². The molecule has 0 spiro atoms. The van der Waals surface area contributed by atoms with E-state index in [0.29, 0.717) is 17.9 Å². The van der Waals surface area contributed by atoms with Crippen LogP contribution in [0.25, 0.3) is 0 Å². The van der Waals surface area contributed by atoms with Gasteiger partial charge in [-0.3, -0.25) is 9.78 Å². The van der Waals surface area contributed by atoms with Crippen molar-refractivity contribution >= 4 is 23.6 Å². The van der Waals surface area contributed by atoms with Crippen molar-refractivity contribution in [2.75, 3.05) is 12.0 Å². The van der Waals surface area contributed by atoms with Crippen LogP contribution in [-0.2, 0) is 16.0 Å². The van der Waals surface area contributed by atoms with E-state index in [1.807, 2.05) is 6.26 Å². The first kappa shape index (κ1) is 14.5. The molecule has 1 heterocycles. The van der Waals surface area contributed by atoms with Gasteiger partial charge in [-0.25, -0.2) is 4.79 Å². The summed E-state index contributed by atoms with van der Waals surface area (Å²) in [6, 6.07) is 4.46. The molecule has 6 heteroatoms. The lowest BCUT2D eigenvalue weighted by atomic mass is 10.2. The smallest absolute Gasteiger partial charge is 0.326 e. The maximum atomic E-state index is 11.7. The van der Waals surface area contributed by atoms with Crippen LogP contribution < -0.4 is 5.32 Å². The van der Waals surface area contributed by atoms with Gasteiger partial charge in [0.1, 0.15) is 6.04 Å². The number of pyridine rings is 1. The second kappa shape index (κ2) is 7.71. The van der Waals surface area contributed by atoms with Crippen LogP contribution in [-0.4, -0.2) is 40.0 Å². The molecular formula is C12H16N2O3S. The molecule has 2 N–H and O–H groups in total. The van der Waals surface area contributed by atoms with Crippen LogP contribution in [0.4, 0.5) is 0 Å². The molecule has 0 fully saturated rings. The average Bonchev–Trinajstić information content (AvgIpc) is 2.35. The highest BCUT2D eigenvalue weighted by Gasteiger charge is 2.19.